The predicted octanol–water partition coefficient (Wildman–Crippen LogP) is 2.08. The minimum absolute atomic E-state index is 0.0965. The SMILES string of the molecule is CN1CCC(NC(=O)COc2ccc(S(=O)(=O)Nc3ccccc3)cc2)CC1. The van der Waals surface area contributed by atoms with Crippen LogP contribution in [0.15, 0.2) is 59.5 Å². The van der Waals surface area contributed by atoms with Crippen molar-refractivity contribution in [3.05, 3.63) is 54.6 Å². The van der Waals surface area contributed by atoms with Crippen LogP contribution in [0.5, 0.6) is 5.75 Å². The number of carbonyl (C=O) groups excluding carboxylic acids is 1. The van der Waals surface area contributed by atoms with Crippen LogP contribution in [-0.4, -0.2) is 52.0 Å². The highest BCUT2D eigenvalue weighted by molar-refractivity contribution is 7.92. The van der Waals surface area contributed by atoms with Gasteiger partial charge in [-0.25, -0.2) is 8.42 Å². The van der Waals surface area contributed by atoms with Crippen molar-refractivity contribution >= 4 is 21.6 Å². The fraction of sp³-hybridized carbons (Fsp3) is 0.350. The Morgan fingerprint density at radius 3 is 2.36 bits per heavy atom. The van der Waals surface area contributed by atoms with Gasteiger partial charge in [-0.2, -0.15) is 0 Å². The Balaban J connectivity index is 1.50. The zero-order valence-electron chi connectivity index (χ0n) is 15.8. The fourth-order valence-corrected chi connectivity index (χ4v) is 4.07. The topological polar surface area (TPSA) is 87.7 Å². The number of hydrogen-bond donors (Lipinski definition) is 2. The maximum absolute atomic E-state index is 12.4. The van der Waals surface area contributed by atoms with E-state index >= 15 is 0 Å². The first-order chi connectivity index (χ1) is 13.4. The number of amides is 1. The van der Waals surface area contributed by atoms with E-state index in [0.29, 0.717) is 11.4 Å². The van der Waals surface area contributed by atoms with Crippen LogP contribution in [0, 0.1) is 0 Å². The number of sulfonamides is 1. The molecule has 1 aliphatic heterocycles. The average molecular weight is 404 g/mol. The van der Waals surface area contributed by atoms with Crippen LogP contribution >= 0.6 is 0 Å². The predicted molar refractivity (Wildman–Crippen MR) is 108 cm³/mol. The van der Waals surface area contributed by atoms with Gasteiger partial charge in [-0.1, -0.05) is 18.2 Å². The summed E-state index contributed by atoms with van der Waals surface area (Å²) in [4.78, 5) is 14.4. The summed E-state index contributed by atoms with van der Waals surface area (Å²) in [6, 6.07) is 14.9. The third-order valence-corrected chi connectivity index (χ3v) is 6.01. The number of nitrogens with zero attached hydrogens (tertiary/aromatic N) is 1. The molecule has 2 aromatic carbocycles. The average Bonchev–Trinajstić information content (AvgIpc) is 2.69. The van der Waals surface area contributed by atoms with Crippen LogP contribution in [0.25, 0.3) is 0 Å². The molecule has 0 radical (unpaired) electrons. The molecular weight excluding hydrogens is 378 g/mol. The zero-order chi connectivity index (χ0) is 20.0. The van der Waals surface area contributed by atoms with Gasteiger partial charge in [0.25, 0.3) is 15.9 Å². The van der Waals surface area contributed by atoms with Gasteiger partial charge in [0.1, 0.15) is 5.75 Å². The third kappa shape index (κ3) is 5.71. The minimum atomic E-state index is -3.67. The summed E-state index contributed by atoms with van der Waals surface area (Å²) in [5.74, 6) is 0.272. The first kappa shape index (κ1) is 20.2. The van der Waals surface area contributed by atoms with E-state index in [9.17, 15) is 13.2 Å². The lowest BCUT2D eigenvalue weighted by atomic mass is 10.1. The Morgan fingerprint density at radius 2 is 1.71 bits per heavy atom. The van der Waals surface area contributed by atoms with Gasteiger partial charge in [0.15, 0.2) is 6.61 Å². The van der Waals surface area contributed by atoms with Crippen molar-refractivity contribution < 1.29 is 17.9 Å². The second-order valence-electron chi connectivity index (χ2n) is 6.88. The molecular formula is C20H25N3O4S. The number of benzene rings is 2. The van der Waals surface area contributed by atoms with Crippen molar-refractivity contribution in [3.63, 3.8) is 0 Å². The van der Waals surface area contributed by atoms with Gasteiger partial charge >= 0.3 is 0 Å². The summed E-state index contributed by atoms with van der Waals surface area (Å²) < 4.78 is 32.8. The molecule has 0 spiro atoms. The van der Waals surface area contributed by atoms with Crippen LogP contribution in [0.3, 0.4) is 0 Å². The molecule has 1 fully saturated rings. The van der Waals surface area contributed by atoms with E-state index in [1.807, 2.05) is 6.07 Å². The molecule has 1 aliphatic rings. The van der Waals surface area contributed by atoms with Crippen molar-refractivity contribution in [2.24, 2.45) is 0 Å². The zero-order valence-corrected chi connectivity index (χ0v) is 16.6. The number of nitrogens with one attached hydrogen (secondary N) is 2. The molecule has 0 unspecified atom stereocenters. The molecule has 0 aromatic heterocycles. The highest BCUT2D eigenvalue weighted by Gasteiger charge is 2.19. The van der Waals surface area contributed by atoms with Crippen LogP contribution in [0.1, 0.15) is 12.8 Å². The number of anilines is 1. The van der Waals surface area contributed by atoms with Gasteiger partial charge in [0.05, 0.1) is 4.90 Å². The Kier molecular flexibility index (Phi) is 6.53. The summed E-state index contributed by atoms with van der Waals surface area (Å²) in [6.45, 7) is 1.85. The van der Waals surface area contributed by atoms with Crippen molar-refractivity contribution in [2.75, 3.05) is 31.5 Å². The molecule has 0 bridgehead atoms. The van der Waals surface area contributed by atoms with Gasteiger partial charge in [0.2, 0.25) is 0 Å². The van der Waals surface area contributed by atoms with E-state index in [1.165, 1.54) is 12.1 Å². The highest BCUT2D eigenvalue weighted by atomic mass is 32.2. The molecule has 0 atom stereocenters. The molecule has 1 amide bonds. The smallest absolute Gasteiger partial charge is 0.261 e. The van der Waals surface area contributed by atoms with Crippen LogP contribution in [0.2, 0.25) is 0 Å². The first-order valence-electron chi connectivity index (χ1n) is 9.21. The van der Waals surface area contributed by atoms with E-state index < -0.39 is 10.0 Å². The summed E-state index contributed by atoms with van der Waals surface area (Å²) in [6.07, 6.45) is 1.87. The largest absolute Gasteiger partial charge is 0.484 e. The van der Waals surface area contributed by atoms with Crippen LogP contribution in [-0.2, 0) is 14.8 Å². The van der Waals surface area contributed by atoms with E-state index in [-0.39, 0.29) is 23.5 Å². The second kappa shape index (κ2) is 9.07. The Morgan fingerprint density at radius 1 is 1.07 bits per heavy atom. The Bertz CT molecular complexity index is 877. The summed E-state index contributed by atoms with van der Waals surface area (Å²) in [5.41, 5.74) is 0.494. The molecule has 28 heavy (non-hydrogen) atoms. The third-order valence-electron chi connectivity index (χ3n) is 4.61. The van der Waals surface area contributed by atoms with E-state index in [4.69, 9.17) is 4.74 Å². The van der Waals surface area contributed by atoms with Gasteiger partial charge in [0, 0.05) is 11.7 Å². The number of likely N-dealkylation sites (tertiary alicyclic amines) is 1. The molecule has 3 rings (SSSR count). The van der Waals surface area contributed by atoms with Crippen molar-refractivity contribution in [2.45, 2.75) is 23.8 Å². The van der Waals surface area contributed by atoms with Gasteiger partial charge < -0.3 is 15.0 Å². The molecule has 1 saturated heterocycles. The number of ether oxygens (including phenoxy) is 1. The lowest BCUT2D eigenvalue weighted by Gasteiger charge is -2.29. The van der Waals surface area contributed by atoms with Gasteiger partial charge in [-0.3, -0.25) is 9.52 Å². The lowest BCUT2D eigenvalue weighted by molar-refractivity contribution is -0.124. The molecule has 1 heterocycles. The quantitative estimate of drug-likeness (QED) is 0.739. The number of carbonyl (C=O) groups is 1. The Labute approximate surface area is 165 Å². The number of piperidine rings is 1. The molecule has 0 aliphatic carbocycles. The lowest BCUT2D eigenvalue weighted by Crippen LogP contribution is -2.44. The minimum Gasteiger partial charge on any atom is -0.484 e. The van der Waals surface area contributed by atoms with E-state index in [2.05, 4.69) is 22.0 Å². The summed E-state index contributed by atoms with van der Waals surface area (Å²) >= 11 is 0. The highest BCUT2D eigenvalue weighted by Crippen LogP contribution is 2.19. The van der Waals surface area contributed by atoms with Crippen LogP contribution in [0.4, 0.5) is 5.69 Å². The normalized spacial score (nSPS) is 15.8. The van der Waals surface area contributed by atoms with Gasteiger partial charge in [-0.15, -0.1) is 0 Å². The molecule has 150 valence electrons. The van der Waals surface area contributed by atoms with E-state index in [0.717, 1.165) is 25.9 Å². The van der Waals surface area contributed by atoms with Crippen molar-refractivity contribution in [3.8, 4) is 5.75 Å². The van der Waals surface area contributed by atoms with Crippen molar-refractivity contribution in [1.29, 1.82) is 0 Å². The van der Waals surface area contributed by atoms with Crippen molar-refractivity contribution in [1.82, 2.24) is 10.2 Å². The Hall–Kier alpha value is -2.58. The standard InChI is InChI=1S/C20H25N3O4S/c1-23-13-11-16(12-14-23)21-20(24)15-27-18-7-9-19(10-8-18)28(25,26)22-17-5-3-2-4-6-17/h2-10,16,22H,11-15H2,1H3,(H,21,24). The summed E-state index contributed by atoms with van der Waals surface area (Å²) in [5, 5.41) is 2.98. The summed E-state index contributed by atoms with van der Waals surface area (Å²) in [7, 11) is -1.60. The van der Waals surface area contributed by atoms with Crippen LogP contribution < -0.4 is 14.8 Å². The molecule has 2 N–H and O–H groups in total. The molecule has 8 heteroatoms. The number of hydrogen-bond acceptors (Lipinski definition) is 5. The monoisotopic (exact) mass is 403 g/mol. The molecule has 2 aromatic rings. The maximum Gasteiger partial charge on any atom is 0.261 e. The maximum atomic E-state index is 12.4. The molecule has 0 saturated carbocycles. The first-order valence-corrected chi connectivity index (χ1v) is 10.7. The second-order valence-corrected chi connectivity index (χ2v) is 8.56. The number of rotatable bonds is 7. The van der Waals surface area contributed by atoms with E-state index in [1.54, 1.807) is 36.4 Å². The molecule has 7 nitrogen and oxygen atoms in total. The fourth-order valence-electron chi connectivity index (χ4n) is 3.01. The number of para-hydroxylation sites is 1. The van der Waals surface area contributed by atoms with Gasteiger partial charge in [-0.05, 0) is 69.4 Å².